The third kappa shape index (κ3) is 3.07. The molecule has 0 bridgehead atoms. The number of aliphatic imine (C=N–C) groups is 1. The van der Waals surface area contributed by atoms with Gasteiger partial charge in [-0.3, -0.25) is 4.99 Å². The second-order valence-corrected chi connectivity index (χ2v) is 6.34. The molecule has 1 aromatic heterocycles. The van der Waals surface area contributed by atoms with Crippen LogP contribution in [0.3, 0.4) is 0 Å². The minimum atomic E-state index is -0.269. The molecule has 0 unspecified atom stereocenters. The lowest BCUT2D eigenvalue weighted by atomic mass is 10.0. The topological polar surface area (TPSA) is 58.6 Å². The molecule has 0 saturated heterocycles. The Bertz CT molecular complexity index is 1130. The highest BCUT2D eigenvalue weighted by Crippen LogP contribution is 2.31. The summed E-state index contributed by atoms with van der Waals surface area (Å²) in [5.74, 6) is 0.0811. The standard InChI is InChI=1S/C21H15ClN2O2/c1-13-9-10-15(11-18(13)22)23-12-19-21(25)26-20(24-19)17-8-4-6-14-5-2-3-7-16(14)17/h2-12,25H,1H3. The number of hydrogen-bond donors (Lipinski definition) is 1. The number of aromatic nitrogens is 1. The Morgan fingerprint density at radius 1 is 1.08 bits per heavy atom. The second kappa shape index (κ2) is 6.65. The van der Waals surface area contributed by atoms with Crippen molar-refractivity contribution in [3.8, 4) is 17.4 Å². The van der Waals surface area contributed by atoms with E-state index in [1.807, 2.05) is 61.5 Å². The van der Waals surface area contributed by atoms with Crippen LogP contribution < -0.4 is 0 Å². The Kier molecular flexibility index (Phi) is 4.19. The van der Waals surface area contributed by atoms with Crippen molar-refractivity contribution < 1.29 is 9.52 Å². The van der Waals surface area contributed by atoms with Crippen LogP contribution in [0.25, 0.3) is 22.2 Å². The quantitative estimate of drug-likeness (QED) is 0.460. The molecule has 4 nitrogen and oxygen atoms in total. The van der Waals surface area contributed by atoms with Crippen LogP contribution in [0, 0.1) is 6.92 Å². The first-order valence-corrected chi connectivity index (χ1v) is 8.48. The molecule has 0 atom stereocenters. The lowest BCUT2D eigenvalue weighted by Gasteiger charge is -2.01. The summed E-state index contributed by atoms with van der Waals surface area (Å²) in [6, 6.07) is 19.3. The Morgan fingerprint density at radius 2 is 1.88 bits per heavy atom. The third-order valence-electron chi connectivity index (χ3n) is 4.15. The highest BCUT2D eigenvalue weighted by Gasteiger charge is 2.14. The smallest absolute Gasteiger partial charge is 0.312 e. The molecule has 0 aliphatic rings. The lowest BCUT2D eigenvalue weighted by molar-refractivity contribution is 0.337. The zero-order valence-corrected chi connectivity index (χ0v) is 14.7. The summed E-state index contributed by atoms with van der Waals surface area (Å²) in [4.78, 5) is 8.70. The van der Waals surface area contributed by atoms with Crippen molar-refractivity contribution in [1.82, 2.24) is 4.98 Å². The number of oxazole rings is 1. The van der Waals surface area contributed by atoms with Gasteiger partial charge in [0, 0.05) is 10.6 Å². The predicted octanol–water partition coefficient (Wildman–Crippen LogP) is 5.91. The van der Waals surface area contributed by atoms with Gasteiger partial charge in [0.15, 0.2) is 5.69 Å². The van der Waals surface area contributed by atoms with Crippen LogP contribution in [-0.4, -0.2) is 16.3 Å². The zero-order chi connectivity index (χ0) is 18.1. The molecule has 0 radical (unpaired) electrons. The summed E-state index contributed by atoms with van der Waals surface area (Å²) in [7, 11) is 0. The summed E-state index contributed by atoms with van der Waals surface area (Å²) >= 11 is 6.11. The molecule has 4 rings (SSSR count). The lowest BCUT2D eigenvalue weighted by Crippen LogP contribution is -1.84. The van der Waals surface area contributed by atoms with Crippen LogP contribution in [0.1, 0.15) is 11.3 Å². The molecular formula is C21H15ClN2O2. The van der Waals surface area contributed by atoms with Crippen LogP contribution in [-0.2, 0) is 0 Å². The number of fused-ring (bicyclic) bond motifs is 1. The number of aromatic hydroxyl groups is 1. The Morgan fingerprint density at radius 3 is 2.73 bits per heavy atom. The molecule has 0 aliphatic carbocycles. The maximum Gasteiger partial charge on any atom is 0.312 e. The average molecular weight is 363 g/mol. The van der Waals surface area contributed by atoms with Crippen molar-refractivity contribution in [2.24, 2.45) is 4.99 Å². The van der Waals surface area contributed by atoms with Crippen LogP contribution in [0.15, 0.2) is 70.1 Å². The van der Waals surface area contributed by atoms with Gasteiger partial charge in [0.25, 0.3) is 0 Å². The predicted molar refractivity (Wildman–Crippen MR) is 105 cm³/mol. The van der Waals surface area contributed by atoms with Gasteiger partial charge in [-0.1, -0.05) is 54.1 Å². The van der Waals surface area contributed by atoms with E-state index >= 15 is 0 Å². The van der Waals surface area contributed by atoms with E-state index in [2.05, 4.69) is 9.98 Å². The molecule has 0 fully saturated rings. The highest BCUT2D eigenvalue weighted by atomic mass is 35.5. The average Bonchev–Trinajstić information content (AvgIpc) is 3.03. The first-order chi connectivity index (χ1) is 12.6. The normalized spacial score (nSPS) is 11.5. The van der Waals surface area contributed by atoms with Crippen LogP contribution >= 0.6 is 11.6 Å². The molecular weight excluding hydrogens is 348 g/mol. The van der Waals surface area contributed by atoms with E-state index in [1.165, 1.54) is 6.21 Å². The molecule has 1 heterocycles. The van der Waals surface area contributed by atoms with Gasteiger partial charge in [0.2, 0.25) is 5.89 Å². The summed E-state index contributed by atoms with van der Waals surface area (Å²) in [5.41, 5.74) is 2.74. The van der Waals surface area contributed by atoms with Crippen molar-refractivity contribution in [2.45, 2.75) is 6.92 Å². The maximum atomic E-state index is 10.1. The minimum Gasteiger partial charge on any atom is -0.479 e. The van der Waals surface area contributed by atoms with E-state index in [1.54, 1.807) is 6.07 Å². The fraction of sp³-hybridized carbons (Fsp3) is 0.0476. The molecule has 5 heteroatoms. The molecule has 4 aromatic rings. The molecule has 1 N–H and O–H groups in total. The fourth-order valence-corrected chi connectivity index (χ4v) is 2.91. The first-order valence-electron chi connectivity index (χ1n) is 8.10. The Labute approximate surface area is 155 Å². The summed E-state index contributed by atoms with van der Waals surface area (Å²) in [6.07, 6.45) is 1.47. The van der Waals surface area contributed by atoms with Crippen LogP contribution in [0.5, 0.6) is 5.95 Å². The molecule has 26 heavy (non-hydrogen) atoms. The number of aryl methyl sites for hydroxylation is 1. The first kappa shape index (κ1) is 16.4. The maximum absolute atomic E-state index is 10.1. The fourth-order valence-electron chi connectivity index (χ4n) is 2.73. The summed E-state index contributed by atoms with van der Waals surface area (Å²) in [5, 5.41) is 12.8. The van der Waals surface area contributed by atoms with Crippen molar-refractivity contribution in [3.05, 3.63) is 76.9 Å². The molecule has 0 saturated carbocycles. The summed E-state index contributed by atoms with van der Waals surface area (Å²) < 4.78 is 5.47. The van der Waals surface area contributed by atoms with Gasteiger partial charge < -0.3 is 9.52 Å². The van der Waals surface area contributed by atoms with Crippen molar-refractivity contribution >= 4 is 34.3 Å². The van der Waals surface area contributed by atoms with E-state index < -0.39 is 0 Å². The van der Waals surface area contributed by atoms with Crippen molar-refractivity contribution in [2.75, 3.05) is 0 Å². The molecule has 128 valence electrons. The molecule has 0 aliphatic heterocycles. The van der Waals surface area contributed by atoms with Gasteiger partial charge in [-0.05, 0) is 41.5 Å². The van der Waals surface area contributed by atoms with Gasteiger partial charge in [-0.2, -0.15) is 0 Å². The van der Waals surface area contributed by atoms with Gasteiger partial charge in [0.1, 0.15) is 0 Å². The van der Waals surface area contributed by atoms with E-state index in [9.17, 15) is 5.11 Å². The number of hydrogen-bond acceptors (Lipinski definition) is 4. The molecule has 0 amide bonds. The Hall–Kier alpha value is -3.11. The molecule has 0 spiro atoms. The van der Waals surface area contributed by atoms with Crippen molar-refractivity contribution in [1.29, 1.82) is 0 Å². The van der Waals surface area contributed by atoms with Gasteiger partial charge in [0.05, 0.1) is 11.9 Å². The largest absolute Gasteiger partial charge is 0.479 e. The summed E-state index contributed by atoms with van der Waals surface area (Å²) in [6.45, 7) is 1.93. The van der Waals surface area contributed by atoms with Crippen molar-refractivity contribution in [3.63, 3.8) is 0 Å². The third-order valence-corrected chi connectivity index (χ3v) is 4.55. The highest BCUT2D eigenvalue weighted by molar-refractivity contribution is 6.31. The second-order valence-electron chi connectivity index (χ2n) is 5.93. The monoisotopic (exact) mass is 362 g/mol. The van der Waals surface area contributed by atoms with E-state index in [0.717, 1.165) is 21.9 Å². The number of nitrogens with zero attached hydrogens (tertiary/aromatic N) is 2. The number of benzene rings is 3. The number of rotatable bonds is 3. The van der Waals surface area contributed by atoms with Crippen LogP contribution in [0.4, 0.5) is 5.69 Å². The van der Waals surface area contributed by atoms with E-state index in [-0.39, 0.29) is 11.6 Å². The van der Waals surface area contributed by atoms with Gasteiger partial charge in [-0.25, -0.2) is 4.98 Å². The zero-order valence-electron chi connectivity index (χ0n) is 14.0. The van der Waals surface area contributed by atoms with Gasteiger partial charge in [-0.15, -0.1) is 0 Å². The number of halogens is 1. The van der Waals surface area contributed by atoms with Gasteiger partial charge >= 0.3 is 5.95 Å². The van der Waals surface area contributed by atoms with E-state index in [0.29, 0.717) is 16.6 Å². The van der Waals surface area contributed by atoms with Crippen LogP contribution in [0.2, 0.25) is 5.02 Å². The Balaban J connectivity index is 1.71. The van der Waals surface area contributed by atoms with E-state index in [4.69, 9.17) is 16.0 Å². The SMILES string of the molecule is Cc1ccc(N=Cc2nc(-c3cccc4ccccc34)oc2O)cc1Cl. The minimum absolute atomic E-state index is 0.268. The molecule has 3 aromatic carbocycles.